The number of morpholine rings is 1. The van der Waals surface area contributed by atoms with E-state index >= 15 is 0 Å². The van der Waals surface area contributed by atoms with Crippen molar-refractivity contribution in [1.29, 1.82) is 0 Å². The summed E-state index contributed by atoms with van der Waals surface area (Å²) >= 11 is 0. The Morgan fingerprint density at radius 1 is 1.60 bits per heavy atom. The van der Waals surface area contributed by atoms with Crippen LogP contribution in [0.5, 0.6) is 0 Å². The van der Waals surface area contributed by atoms with E-state index in [1.165, 1.54) is 0 Å². The van der Waals surface area contributed by atoms with Crippen molar-refractivity contribution in [2.75, 3.05) is 26.3 Å². The molecule has 0 spiro atoms. The van der Waals surface area contributed by atoms with E-state index in [9.17, 15) is 9.59 Å². The van der Waals surface area contributed by atoms with Crippen molar-refractivity contribution in [3.05, 3.63) is 0 Å². The fraction of sp³-hybridized carbons (Fsp3) is 0.818. The van der Waals surface area contributed by atoms with Gasteiger partial charge in [-0.15, -0.1) is 0 Å². The topological polar surface area (TPSA) is 46.6 Å². The molecule has 1 heterocycles. The second-order valence-corrected chi connectivity index (χ2v) is 3.96. The lowest BCUT2D eigenvalue weighted by molar-refractivity contribution is -0.143. The molecule has 1 fully saturated rings. The second kappa shape index (κ2) is 5.85. The lowest BCUT2D eigenvalue weighted by Gasteiger charge is -2.26. The Balaban J connectivity index is 2.29. The van der Waals surface area contributed by atoms with Crippen molar-refractivity contribution < 1.29 is 14.3 Å². The molecule has 1 rings (SSSR count). The van der Waals surface area contributed by atoms with Crippen LogP contribution in [0.2, 0.25) is 0 Å². The zero-order valence-corrected chi connectivity index (χ0v) is 9.49. The maximum absolute atomic E-state index is 11.6. The Morgan fingerprint density at radius 2 is 2.33 bits per heavy atom. The molecule has 0 aliphatic carbocycles. The average molecular weight is 213 g/mol. The van der Waals surface area contributed by atoms with Gasteiger partial charge < -0.3 is 9.64 Å². The predicted molar refractivity (Wildman–Crippen MR) is 56.5 cm³/mol. The van der Waals surface area contributed by atoms with Gasteiger partial charge in [0.2, 0.25) is 5.91 Å². The smallest absolute Gasteiger partial charge is 0.248 e. The molecular weight excluding hydrogens is 194 g/mol. The number of amides is 1. The third kappa shape index (κ3) is 3.63. The van der Waals surface area contributed by atoms with Crippen molar-refractivity contribution in [3.8, 4) is 0 Å². The molecule has 1 atom stereocenters. The van der Waals surface area contributed by atoms with Crippen molar-refractivity contribution in [2.24, 2.45) is 5.92 Å². The van der Waals surface area contributed by atoms with Crippen LogP contribution in [-0.2, 0) is 14.3 Å². The minimum absolute atomic E-state index is 0.00167. The Labute approximate surface area is 90.6 Å². The molecule has 4 nitrogen and oxygen atoms in total. The van der Waals surface area contributed by atoms with E-state index in [1.807, 2.05) is 13.8 Å². The molecule has 1 saturated heterocycles. The van der Waals surface area contributed by atoms with E-state index in [4.69, 9.17) is 4.74 Å². The number of Topliss-reactive ketones (excluding diaryl/α,β-unsaturated/α-hetero) is 1. The highest BCUT2D eigenvalue weighted by Crippen LogP contribution is 2.07. The minimum atomic E-state index is -0.00167. The first-order valence-corrected chi connectivity index (χ1v) is 5.53. The van der Waals surface area contributed by atoms with Gasteiger partial charge in [0.25, 0.3) is 0 Å². The van der Waals surface area contributed by atoms with Gasteiger partial charge in [-0.05, 0) is 6.42 Å². The van der Waals surface area contributed by atoms with Crippen molar-refractivity contribution in [2.45, 2.75) is 26.7 Å². The van der Waals surface area contributed by atoms with E-state index in [-0.39, 0.29) is 24.2 Å². The highest BCUT2D eigenvalue weighted by Gasteiger charge is 2.20. The third-order valence-electron chi connectivity index (χ3n) is 2.87. The van der Waals surface area contributed by atoms with Gasteiger partial charge in [0.1, 0.15) is 12.4 Å². The lowest BCUT2D eigenvalue weighted by atomic mass is 10.0. The first-order valence-electron chi connectivity index (χ1n) is 5.53. The summed E-state index contributed by atoms with van der Waals surface area (Å²) in [5, 5.41) is 0. The van der Waals surface area contributed by atoms with Crippen LogP contribution in [0.3, 0.4) is 0 Å². The van der Waals surface area contributed by atoms with Crippen molar-refractivity contribution in [3.63, 3.8) is 0 Å². The number of carbonyl (C=O) groups excluding carboxylic acids is 2. The van der Waals surface area contributed by atoms with Crippen LogP contribution in [0.4, 0.5) is 0 Å². The standard InChI is InChI=1S/C11H19NO3/c1-3-9(2)10(13)4-5-12-6-7-15-8-11(12)14/h9H,3-8H2,1-2H3. The van der Waals surface area contributed by atoms with Crippen molar-refractivity contribution in [1.82, 2.24) is 4.90 Å². The highest BCUT2D eigenvalue weighted by molar-refractivity contribution is 5.82. The molecule has 1 aliphatic heterocycles. The van der Waals surface area contributed by atoms with Gasteiger partial charge in [0, 0.05) is 25.4 Å². The fourth-order valence-corrected chi connectivity index (χ4v) is 1.51. The normalized spacial score (nSPS) is 19.1. The summed E-state index contributed by atoms with van der Waals surface area (Å²) in [6.07, 6.45) is 1.34. The second-order valence-electron chi connectivity index (χ2n) is 3.96. The number of ketones is 1. The quantitative estimate of drug-likeness (QED) is 0.680. The first-order chi connectivity index (χ1) is 7.15. The van der Waals surface area contributed by atoms with Gasteiger partial charge in [0.15, 0.2) is 0 Å². The summed E-state index contributed by atoms with van der Waals surface area (Å²) in [6, 6.07) is 0. The third-order valence-corrected chi connectivity index (χ3v) is 2.87. The monoisotopic (exact) mass is 213 g/mol. The molecule has 0 radical (unpaired) electrons. The molecule has 1 aliphatic rings. The van der Waals surface area contributed by atoms with Gasteiger partial charge in [-0.2, -0.15) is 0 Å². The van der Waals surface area contributed by atoms with E-state index in [2.05, 4.69) is 0 Å². The maximum Gasteiger partial charge on any atom is 0.248 e. The van der Waals surface area contributed by atoms with Crippen LogP contribution in [0.1, 0.15) is 26.7 Å². The number of ether oxygens (including phenoxy) is 1. The van der Waals surface area contributed by atoms with E-state index in [0.29, 0.717) is 26.1 Å². The molecule has 4 heteroatoms. The van der Waals surface area contributed by atoms with Gasteiger partial charge in [-0.1, -0.05) is 13.8 Å². The molecule has 0 aromatic rings. The molecule has 0 aromatic heterocycles. The molecule has 86 valence electrons. The average Bonchev–Trinajstić information content (AvgIpc) is 2.26. The Bertz CT molecular complexity index is 240. The van der Waals surface area contributed by atoms with Gasteiger partial charge in [-0.3, -0.25) is 9.59 Å². The van der Waals surface area contributed by atoms with Crippen LogP contribution in [-0.4, -0.2) is 42.9 Å². The van der Waals surface area contributed by atoms with Crippen LogP contribution in [0.25, 0.3) is 0 Å². The molecular formula is C11H19NO3. The molecule has 0 saturated carbocycles. The van der Waals surface area contributed by atoms with E-state index < -0.39 is 0 Å². The predicted octanol–water partition coefficient (Wildman–Crippen LogP) is 0.851. The highest BCUT2D eigenvalue weighted by atomic mass is 16.5. The molecule has 0 aromatic carbocycles. The first kappa shape index (κ1) is 12.2. The minimum Gasteiger partial charge on any atom is -0.370 e. The summed E-state index contributed by atoms with van der Waals surface area (Å²) in [4.78, 5) is 24.6. The zero-order valence-electron chi connectivity index (χ0n) is 9.49. The number of nitrogens with zero attached hydrogens (tertiary/aromatic N) is 1. The molecule has 1 unspecified atom stereocenters. The van der Waals surface area contributed by atoms with Gasteiger partial charge in [-0.25, -0.2) is 0 Å². The van der Waals surface area contributed by atoms with E-state index in [1.54, 1.807) is 4.90 Å². The lowest BCUT2D eigenvalue weighted by Crippen LogP contribution is -2.42. The summed E-state index contributed by atoms with van der Waals surface area (Å²) in [7, 11) is 0. The summed E-state index contributed by atoms with van der Waals surface area (Å²) in [5.41, 5.74) is 0. The molecule has 15 heavy (non-hydrogen) atoms. The van der Waals surface area contributed by atoms with Crippen LogP contribution in [0.15, 0.2) is 0 Å². The van der Waals surface area contributed by atoms with Crippen LogP contribution < -0.4 is 0 Å². The van der Waals surface area contributed by atoms with Crippen LogP contribution in [0, 0.1) is 5.92 Å². The van der Waals surface area contributed by atoms with Crippen molar-refractivity contribution >= 4 is 11.7 Å². The molecule has 0 bridgehead atoms. The Kier molecular flexibility index (Phi) is 4.75. The summed E-state index contributed by atoms with van der Waals surface area (Å²) in [6.45, 7) is 5.85. The molecule has 1 amide bonds. The number of hydrogen-bond acceptors (Lipinski definition) is 3. The number of rotatable bonds is 5. The SMILES string of the molecule is CCC(C)C(=O)CCN1CCOCC1=O. The zero-order chi connectivity index (χ0) is 11.3. The van der Waals surface area contributed by atoms with Gasteiger partial charge >= 0.3 is 0 Å². The largest absolute Gasteiger partial charge is 0.370 e. The number of carbonyl (C=O) groups is 2. The summed E-state index contributed by atoms with van der Waals surface area (Å²) < 4.78 is 5.01. The number of hydrogen-bond donors (Lipinski definition) is 0. The Morgan fingerprint density at radius 3 is 2.93 bits per heavy atom. The van der Waals surface area contributed by atoms with Crippen LogP contribution >= 0.6 is 0 Å². The fourth-order valence-electron chi connectivity index (χ4n) is 1.51. The Hall–Kier alpha value is -0.900. The van der Waals surface area contributed by atoms with E-state index in [0.717, 1.165) is 6.42 Å². The molecule has 0 N–H and O–H groups in total. The summed E-state index contributed by atoms with van der Waals surface area (Å²) in [5.74, 6) is 0.358. The maximum atomic E-state index is 11.6. The van der Waals surface area contributed by atoms with Gasteiger partial charge in [0.05, 0.1) is 6.61 Å².